The maximum Gasteiger partial charge on any atom is 0.333 e. The number of thiophene rings is 1. The molecule has 1 unspecified atom stereocenters. The van der Waals surface area contributed by atoms with Gasteiger partial charge in [-0.1, -0.05) is 53.6 Å². The topological polar surface area (TPSA) is 507 Å². The Morgan fingerprint density at radius 3 is 1.71 bits per heavy atom. The molecule has 8 heterocycles. The normalized spacial score (nSPS) is 22.0. The number of aromatic nitrogens is 10. The Hall–Kier alpha value is -8.04. The molecule has 0 amide bonds. The van der Waals surface area contributed by atoms with Crippen molar-refractivity contribution >= 4 is 111 Å². The number of benzene rings is 2. The van der Waals surface area contributed by atoms with Gasteiger partial charge in [0.15, 0.2) is 10.0 Å². The molecule has 7 aromatic heterocycles. The number of nitrogens with one attached hydrogen (secondary N) is 3. The lowest BCUT2D eigenvalue weighted by Gasteiger charge is -2.25. The first-order chi connectivity index (χ1) is 51.2. The van der Waals surface area contributed by atoms with Gasteiger partial charge >= 0.3 is 30.9 Å². The summed E-state index contributed by atoms with van der Waals surface area (Å²) in [4.78, 5) is 80.9. The average molecular weight is 1620 g/mol. The Labute approximate surface area is 639 Å². The van der Waals surface area contributed by atoms with Crippen LogP contribution in [0.25, 0.3) is 0 Å². The molecular formula is C68H79ClN16O17S6. The molecular weight excluding hydrogens is 1540 g/mol. The van der Waals surface area contributed by atoms with Crippen LogP contribution in [0.15, 0.2) is 97.5 Å². The van der Waals surface area contributed by atoms with Crippen LogP contribution in [0.5, 0.6) is 0 Å². The van der Waals surface area contributed by atoms with Gasteiger partial charge in [-0.05, 0) is 96.0 Å². The molecule has 11 atom stereocenters. The summed E-state index contributed by atoms with van der Waals surface area (Å²) in [6, 6.07) is 16.2. The minimum Gasteiger partial charge on any atom is -0.393 e. The molecule has 13 rings (SSSR count). The second-order valence-corrected chi connectivity index (χ2v) is 33.9. The number of fused-ring (bicyclic) bond motifs is 1. The zero-order chi connectivity index (χ0) is 77.5. The summed E-state index contributed by atoms with van der Waals surface area (Å²) >= 11 is 9.98. The van der Waals surface area contributed by atoms with Gasteiger partial charge in [0, 0.05) is 99.2 Å². The molecule has 2 aromatic carbocycles. The van der Waals surface area contributed by atoms with Crippen molar-refractivity contribution in [2.45, 2.75) is 135 Å². The average Bonchev–Trinajstić information content (AvgIpc) is 1.61. The van der Waals surface area contributed by atoms with Crippen molar-refractivity contribution in [2.24, 2.45) is 33.2 Å². The highest BCUT2D eigenvalue weighted by Gasteiger charge is 2.43. The molecule has 0 radical (unpaired) electrons. The van der Waals surface area contributed by atoms with E-state index in [0.29, 0.717) is 77.2 Å². The highest BCUT2D eigenvalue weighted by Crippen LogP contribution is 2.39. The number of halogens is 1. The number of aliphatic hydroxyl groups excluding tert-OH is 4. The van der Waals surface area contributed by atoms with Crippen molar-refractivity contribution < 1.29 is 77.3 Å². The van der Waals surface area contributed by atoms with Crippen LogP contribution in [0.3, 0.4) is 0 Å². The fourth-order valence-electron chi connectivity index (χ4n) is 13.2. The van der Waals surface area contributed by atoms with Gasteiger partial charge in [0.2, 0.25) is 17.3 Å². The molecule has 9 aromatic rings. The minimum absolute atomic E-state index is 0.145. The first-order valence-corrected chi connectivity index (χ1v) is 41.0. The second-order valence-electron chi connectivity index (χ2n) is 26.5. The first kappa shape index (κ1) is 81.0. The Bertz CT molecular complexity index is 5110. The van der Waals surface area contributed by atoms with Crippen molar-refractivity contribution in [3.63, 3.8) is 0 Å². The van der Waals surface area contributed by atoms with Crippen LogP contribution in [-0.2, 0) is 67.6 Å². The third-order valence-electron chi connectivity index (χ3n) is 18.7. The molecule has 0 bridgehead atoms. The Morgan fingerprint density at radius 1 is 0.611 bits per heavy atom. The molecule has 1 aliphatic heterocycles. The Balaban J connectivity index is 0.000000161. The standard InChI is InChI=1S/C24H30N6O6S2.C22H24ClN5O6S2.C22H25N5O5S2/c1-12-13(2)30-4-5-35-22(24(30)28-12)17-8-20(37-14(17)3)21(32)18-9-26-11-27-23(18)29-16-6-15(19(31)7-16)10-36-38(25,33)34;1-11-16(6-12-3-2-4-14(23)5-12)28-22(35-11)19(30)15-8-25-10-26-21(15)27-17-7-13(18(29)20(17)31)9-34-36(24,32)33;1-13-3-2-4-14(5-13)6-17-11-33-22(27-17)20(29)18-9-24-12-25-21(18)26-16-7-15(19(28)8-16)10-32-34(23,30)31/h8-9,11,15-16,19,22,31H,4-7,10H2,1-3H3,(H2,25,33,34)(H,26,27,29);2-5,8,10,13,17-18,20,29,31H,6-7,9H2,1H3,(H2,24,32,33)(H,25,26,27);2-5,9,11-12,15-16,19,28H,6-8,10H2,1H3,(H2,23,30,31)(H,24,25,26)/t15-,16-,19+,22?;13-,17-,18-,20+;15-,16-,19+/m111/s1. The second kappa shape index (κ2) is 34.9. The number of nitrogens with zero attached hydrogens (tertiary/aromatic N) is 10. The number of thiazole rings is 2. The Morgan fingerprint density at radius 2 is 1.15 bits per heavy atom. The summed E-state index contributed by atoms with van der Waals surface area (Å²) in [6.45, 7) is 10.4. The number of ketones is 3. The molecule has 108 heavy (non-hydrogen) atoms. The highest BCUT2D eigenvalue weighted by molar-refractivity contribution is 7.84. The number of anilines is 3. The molecule has 0 spiro atoms. The van der Waals surface area contributed by atoms with Crippen LogP contribution in [0, 0.1) is 52.4 Å². The smallest absolute Gasteiger partial charge is 0.333 e. The Kier molecular flexibility index (Phi) is 26.2. The molecule has 0 saturated heterocycles. The molecule has 40 heteroatoms. The SMILES string of the molecule is Cc1cccc(Cc2csc(C(=O)c3cncnc3N[C@@H]3C[C@H](COS(N)(=O)=O)[C@@H](O)C3)n2)c1.Cc1nc2n(c1C)CCOC2c1cc(C(=O)c2cncnc2N[C@@H]2C[C@H](COS(N)(=O)=O)[C@@H](O)C2)sc1C.Cc1sc(C(=O)c2cncnc2N[C@@H]2C[C@H](COS(N)(=O)=O)[C@@H](O)[C@H]2O)nc1Cc1cccc(Cl)c1. The van der Waals surface area contributed by atoms with E-state index in [1.165, 1.54) is 71.6 Å². The number of aryl methyl sites for hydroxylation is 4. The van der Waals surface area contributed by atoms with Gasteiger partial charge in [-0.25, -0.2) is 60.3 Å². The van der Waals surface area contributed by atoms with E-state index in [9.17, 15) is 60.1 Å². The number of imidazole rings is 1. The first-order valence-electron chi connectivity index (χ1n) is 33.7. The largest absolute Gasteiger partial charge is 0.393 e. The fraction of sp³-hybridized carbons (Fsp3) is 0.412. The van der Waals surface area contributed by atoms with Crippen molar-refractivity contribution in [1.82, 2.24) is 49.4 Å². The van der Waals surface area contributed by atoms with Crippen LogP contribution < -0.4 is 31.4 Å². The summed E-state index contributed by atoms with van der Waals surface area (Å²) in [6.07, 6.45) is 6.55. The monoisotopic (exact) mass is 1620 g/mol. The molecule has 3 aliphatic carbocycles. The van der Waals surface area contributed by atoms with E-state index in [1.807, 2.05) is 82.5 Å². The number of nitrogens with two attached hydrogens (primary N) is 3. The third-order valence-corrected chi connectivity index (χ3v) is 23.3. The van der Waals surface area contributed by atoms with E-state index >= 15 is 0 Å². The van der Waals surface area contributed by atoms with E-state index in [0.717, 1.165) is 67.2 Å². The molecule has 4 aliphatic rings. The summed E-state index contributed by atoms with van der Waals surface area (Å²) < 4.78 is 88.6. The summed E-state index contributed by atoms with van der Waals surface area (Å²) in [5, 5.41) is 68.5. The number of carbonyl (C=O) groups is 3. The number of aliphatic hydroxyl groups is 4. The van der Waals surface area contributed by atoms with E-state index in [4.69, 9.17) is 36.7 Å². The predicted octanol–water partition coefficient (Wildman–Crippen LogP) is 5.08. The number of ether oxygens (including phenoxy) is 1. The van der Waals surface area contributed by atoms with Crippen molar-refractivity contribution in [2.75, 3.05) is 42.4 Å². The van der Waals surface area contributed by atoms with E-state index in [-0.39, 0.29) is 71.3 Å². The molecule has 3 fully saturated rings. The van der Waals surface area contributed by atoms with Crippen LogP contribution in [-0.4, -0.2) is 181 Å². The number of carbonyl (C=O) groups excluding carboxylic acids is 3. The number of hydrogen-bond donors (Lipinski definition) is 10. The lowest BCUT2D eigenvalue weighted by Crippen LogP contribution is -2.36. The minimum atomic E-state index is -4.19. The maximum atomic E-state index is 13.6. The molecule has 3 saturated carbocycles. The number of hydrogen-bond acceptors (Lipinski definition) is 32. The summed E-state index contributed by atoms with van der Waals surface area (Å²) in [5.74, 6) is -0.786. The molecule has 33 nitrogen and oxygen atoms in total. The molecule has 13 N–H and O–H groups in total. The zero-order valence-electron chi connectivity index (χ0n) is 58.7. The van der Waals surface area contributed by atoms with Crippen LogP contribution >= 0.6 is 45.6 Å². The lowest BCUT2D eigenvalue weighted by molar-refractivity contribution is 0.00778. The van der Waals surface area contributed by atoms with Crippen LogP contribution in [0.2, 0.25) is 5.02 Å². The van der Waals surface area contributed by atoms with E-state index in [1.54, 1.807) is 6.07 Å². The van der Waals surface area contributed by atoms with Crippen molar-refractivity contribution in [3.05, 3.63) is 195 Å². The van der Waals surface area contributed by atoms with Gasteiger partial charge in [0.05, 0.1) is 89.4 Å². The quantitative estimate of drug-likeness (QED) is 0.0316. The molecule has 576 valence electrons. The van der Waals surface area contributed by atoms with Gasteiger partial charge in [-0.15, -0.1) is 34.0 Å². The highest BCUT2D eigenvalue weighted by atomic mass is 35.5. The van der Waals surface area contributed by atoms with E-state index < -0.39 is 91.5 Å². The third kappa shape index (κ3) is 20.9. The van der Waals surface area contributed by atoms with Gasteiger partial charge in [0.1, 0.15) is 54.5 Å². The maximum absolute atomic E-state index is 13.6. The van der Waals surface area contributed by atoms with E-state index in [2.05, 4.69) is 79.0 Å². The van der Waals surface area contributed by atoms with Gasteiger partial charge < -0.3 is 45.7 Å². The van der Waals surface area contributed by atoms with Crippen LogP contribution in [0.4, 0.5) is 17.5 Å². The summed E-state index contributed by atoms with van der Waals surface area (Å²) in [5.41, 5.74) is 8.53. The number of rotatable bonds is 26. The van der Waals surface area contributed by atoms with Gasteiger partial charge in [-0.3, -0.25) is 26.9 Å². The summed E-state index contributed by atoms with van der Waals surface area (Å²) in [7, 11) is -12.4. The zero-order valence-corrected chi connectivity index (χ0v) is 64.4. The lowest BCUT2D eigenvalue weighted by atomic mass is 10.1. The van der Waals surface area contributed by atoms with Gasteiger partial charge in [-0.2, -0.15) is 25.3 Å². The van der Waals surface area contributed by atoms with Gasteiger partial charge in [0.25, 0.3) is 0 Å². The van der Waals surface area contributed by atoms with Crippen molar-refractivity contribution in [1.29, 1.82) is 0 Å². The predicted molar refractivity (Wildman–Crippen MR) is 399 cm³/mol. The van der Waals surface area contributed by atoms with Crippen LogP contribution in [0.1, 0.15) is 145 Å². The van der Waals surface area contributed by atoms with Crippen molar-refractivity contribution in [3.8, 4) is 0 Å². The fourth-order valence-corrected chi connectivity index (χ4v) is 17.1.